The molecular weight excluding hydrogens is 280 g/mol. The molecule has 0 aromatic heterocycles. The van der Waals surface area contributed by atoms with E-state index in [1.54, 1.807) is 0 Å². The number of benzene rings is 2. The smallest absolute Gasteiger partial charge is 0.0760 e. The lowest BCUT2D eigenvalue weighted by molar-refractivity contribution is 0.0612. The lowest BCUT2D eigenvalue weighted by Gasteiger charge is -2.23. The highest BCUT2D eigenvalue weighted by Gasteiger charge is 2.17. The Morgan fingerprint density at radius 3 is 2.17 bits per heavy atom. The summed E-state index contributed by atoms with van der Waals surface area (Å²) in [6, 6.07) is 17.7. The second kappa shape index (κ2) is 7.61. The van der Waals surface area contributed by atoms with Crippen molar-refractivity contribution in [2.45, 2.75) is 51.7 Å². The molecule has 1 heteroatoms. The Labute approximate surface area is 140 Å². The van der Waals surface area contributed by atoms with Crippen molar-refractivity contribution >= 4 is 0 Å². The topological polar surface area (TPSA) is 9.23 Å². The molecule has 0 aliphatic heterocycles. The van der Waals surface area contributed by atoms with Gasteiger partial charge in [-0.15, -0.1) is 0 Å². The fourth-order valence-corrected chi connectivity index (χ4v) is 3.10. The van der Waals surface area contributed by atoms with Crippen molar-refractivity contribution in [3.63, 3.8) is 0 Å². The van der Waals surface area contributed by atoms with Gasteiger partial charge in [-0.25, -0.2) is 0 Å². The number of allylic oxidation sites excluding steroid dienone is 1. The van der Waals surface area contributed by atoms with Crippen LogP contribution in [0.15, 0.2) is 60.7 Å². The van der Waals surface area contributed by atoms with Gasteiger partial charge in [0.15, 0.2) is 0 Å². The minimum atomic E-state index is 0.252. The third kappa shape index (κ3) is 4.33. The fourth-order valence-electron chi connectivity index (χ4n) is 3.10. The lowest BCUT2D eigenvalue weighted by Crippen LogP contribution is -2.15. The van der Waals surface area contributed by atoms with Gasteiger partial charge in [-0.2, -0.15) is 0 Å². The third-order valence-corrected chi connectivity index (χ3v) is 4.72. The van der Waals surface area contributed by atoms with Gasteiger partial charge < -0.3 is 4.74 Å². The van der Waals surface area contributed by atoms with Crippen LogP contribution in [0, 0.1) is 6.92 Å². The van der Waals surface area contributed by atoms with Crippen molar-refractivity contribution in [3.8, 4) is 0 Å². The highest BCUT2D eigenvalue weighted by molar-refractivity contribution is 5.28. The summed E-state index contributed by atoms with van der Waals surface area (Å²) in [5.74, 6) is 0.541. The molecule has 2 unspecified atom stereocenters. The summed E-state index contributed by atoms with van der Waals surface area (Å²) in [4.78, 5) is 0. The molecule has 3 rings (SSSR count). The molecule has 1 aliphatic rings. The van der Waals surface area contributed by atoms with E-state index in [-0.39, 0.29) is 6.10 Å². The lowest BCUT2D eigenvalue weighted by atomic mass is 9.88. The van der Waals surface area contributed by atoms with Gasteiger partial charge in [-0.05, 0) is 42.9 Å². The SMILES string of the molecule is CCc1ccc(COC2C=CC(c3ccc(C)cc3)CC2)cc1. The van der Waals surface area contributed by atoms with E-state index in [9.17, 15) is 0 Å². The van der Waals surface area contributed by atoms with Crippen LogP contribution in [0.4, 0.5) is 0 Å². The number of rotatable bonds is 5. The number of hydrogen-bond donors (Lipinski definition) is 0. The summed E-state index contributed by atoms with van der Waals surface area (Å²) in [5.41, 5.74) is 5.38. The molecule has 0 fully saturated rings. The molecule has 1 nitrogen and oxygen atoms in total. The molecule has 0 heterocycles. The summed E-state index contributed by atoms with van der Waals surface area (Å²) in [5, 5.41) is 0. The van der Waals surface area contributed by atoms with Gasteiger partial charge >= 0.3 is 0 Å². The van der Waals surface area contributed by atoms with Crippen molar-refractivity contribution < 1.29 is 4.74 Å². The third-order valence-electron chi connectivity index (χ3n) is 4.72. The minimum absolute atomic E-state index is 0.252. The Morgan fingerprint density at radius 1 is 0.870 bits per heavy atom. The van der Waals surface area contributed by atoms with E-state index in [0.717, 1.165) is 12.8 Å². The zero-order valence-electron chi connectivity index (χ0n) is 14.2. The average molecular weight is 306 g/mol. The van der Waals surface area contributed by atoms with Crippen LogP contribution in [0.25, 0.3) is 0 Å². The molecule has 0 N–H and O–H groups in total. The molecule has 23 heavy (non-hydrogen) atoms. The van der Waals surface area contributed by atoms with Crippen LogP contribution in [0.5, 0.6) is 0 Å². The van der Waals surface area contributed by atoms with E-state index in [0.29, 0.717) is 12.5 Å². The fraction of sp³-hybridized carbons (Fsp3) is 0.364. The average Bonchev–Trinajstić information content (AvgIpc) is 2.61. The summed E-state index contributed by atoms with van der Waals surface area (Å²) >= 11 is 0. The van der Waals surface area contributed by atoms with Crippen LogP contribution in [-0.2, 0) is 17.8 Å². The molecule has 0 bridgehead atoms. The van der Waals surface area contributed by atoms with Gasteiger partial charge in [-0.3, -0.25) is 0 Å². The van der Waals surface area contributed by atoms with Crippen molar-refractivity contribution in [1.82, 2.24) is 0 Å². The normalized spacial score (nSPS) is 20.6. The quantitative estimate of drug-likeness (QED) is 0.656. The van der Waals surface area contributed by atoms with Crippen LogP contribution in [-0.4, -0.2) is 6.10 Å². The van der Waals surface area contributed by atoms with Crippen LogP contribution in [0.1, 0.15) is 47.9 Å². The molecule has 0 radical (unpaired) electrons. The molecule has 2 atom stereocenters. The first-order valence-corrected chi connectivity index (χ1v) is 8.69. The molecular formula is C22H26O. The number of aryl methyl sites for hydroxylation is 2. The van der Waals surface area contributed by atoms with E-state index < -0.39 is 0 Å². The molecule has 120 valence electrons. The minimum Gasteiger partial charge on any atom is -0.369 e. The molecule has 0 amide bonds. The van der Waals surface area contributed by atoms with Gasteiger partial charge in [0.05, 0.1) is 12.7 Å². The van der Waals surface area contributed by atoms with Gasteiger partial charge in [0.1, 0.15) is 0 Å². The maximum Gasteiger partial charge on any atom is 0.0760 e. The van der Waals surface area contributed by atoms with Gasteiger partial charge in [-0.1, -0.05) is 73.2 Å². The standard InChI is InChI=1S/C22H26O/c1-3-18-6-8-19(9-7-18)16-23-22-14-12-21(13-15-22)20-10-4-17(2)5-11-20/h4-12,14,21-22H,3,13,15-16H2,1-2H3. The molecule has 2 aromatic carbocycles. The first-order chi connectivity index (χ1) is 11.2. The van der Waals surface area contributed by atoms with E-state index in [4.69, 9.17) is 4.74 Å². The van der Waals surface area contributed by atoms with E-state index in [1.807, 2.05) is 0 Å². The van der Waals surface area contributed by atoms with Crippen LogP contribution in [0.3, 0.4) is 0 Å². The molecule has 0 spiro atoms. The van der Waals surface area contributed by atoms with Crippen molar-refractivity contribution in [2.24, 2.45) is 0 Å². The first-order valence-electron chi connectivity index (χ1n) is 8.69. The molecule has 0 saturated carbocycles. The Bertz CT molecular complexity index is 637. The number of ether oxygens (including phenoxy) is 1. The predicted molar refractivity (Wildman–Crippen MR) is 96.7 cm³/mol. The second-order valence-electron chi connectivity index (χ2n) is 6.50. The summed E-state index contributed by atoms with van der Waals surface area (Å²) in [7, 11) is 0. The Kier molecular flexibility index (Phi) is 5.30. The van der Waals surface area contributed by atoms with E-state index in [1.165, 1.54) is 28.7 Å². The highest BCUT2D eigenvalue weighted by atomic mass is 16.5. The first kappa shape index (κ1) is 16.0. The number of hydrogen-bond acceptors (Lipinski definition) is 1. The van der Waals surface area contributed by atoms with Crippen molar-refractivity contribution in [2.75, 3.05) is 0 Å². The Morgan fingerprint density at radius 2 is 1.57 bits per heavy atom. The van der Waals surface area contributed by atoms with Gasteiger partial charge in [0, 0.05) is 5.92 Å². The Balaban J connectivity index is 1.53. The van der Waals surface area contributed by atoms with Crippen LogP contribution >= 0.6 is 0 Å². The Hall–Kier alpha value is -1.86. The zero-order chi connectivity index (χ0) is 16.1. The van der Waals surface area contributed by atoms with E-state index >= 15 is 0 Å². The molecule has 1 aliphatic carbocycles. The monoisotopic (exact) mass is 306 g/mol. The predicted octanol–water partition coefficient (Wildman–Crippen LogP) is 5.58. The van der Waals surface area contributed by atoms with Gasteiger partial charge in [0.25, 0.3) is 0 Å². The summed E-state index contributed by atoms with van der Waals surface area (Å²) in [6.07, 6.45) is 8.17. The second-order valence-corrected chi connectivity index (χ2v) is 6.50. The summed E-state index contributed by atoms with van der Waals surface area (Å²) < 4.78 is 6.06. The summed E-state index contributed by atoms with van der Waals surface area (Å²) in [6.45, 7) is 5.02. The largest absolute Gasteiger partial charge is 0.369 e. The van der Waals surface area contributed by atoms with Crippen LogP contribution in [0.2, 0.25) is 0 Å². The van der Waals surface area contributed by atoms with E-state index in [2.05, 4.69) is 74.5 Å². The van der Waals surface area contributed by atoms with Crippen molar-refractivity contribution in [1.29, 1.82) is 0 Å². The molecule has 0 saturated heterocycles. The zero-order valence-corrected chi connectivity index (χ0v) is 14.2. The van der Waals surface area contributed by atoms with Crippen molar-refractivity contribution in [3.05, 3.63) is 82.9 Å². The molecule has 2 aromatic rings. The highest BCUT2D eigenvalue weighted by Crippen LogP contribution is 2.29. The van der Waals surface area contributed by atoms with Crippen LogP contribution < -0.4 is 0 Å². The van der Waals surface area contributed by atoms with Gasteiger partial charge in [0.2, 0.25) is 0 Å². The maximum absolute atomic E-state index is 6.06. The maximum atomic E-state index is 6.06.